The highest BCUT2D eigenvalue weighted by molar-refractivity contribution is 5.39. The molecule has 1 atom stereocenters. The molecule has 90 valence electrons. The molecular weight excluding hydrogens is 210 g/mol. The highest BCUT2D eigenvalue weighted by Crippen LogP contribution is 2.22. The molecule has 0 aliphatic rings. The summed E-state index contributed by atoms with van der Waals surface area (Å²) in [6.07, 6.45) is -0.784. The molecule has 1 aromatic rings. The Balaban J connectivity index is 2.52. The van der Waals surface area contributed by atoms with Crippen LogP contribution in [0.1, 0.15) is 5.56 Å². The maximum Gasteiger partial charge on any atom is 0.120 e. The predicted octanol–water partition coefficient (Wildman–Crippen LogP) is -0.156. The van der Waals surface area contributed by atoms with E-state index in [0.29, 0.717) is 17.9 Å². The van der Waals surface area contributed by atoms with E-state index in [0.717, 1.165) is 0 Å². The Bertz CT molecular complexity index is 330. The number of hydrogen-bond donors (Lipinski definition) is 4. The molecule has 0 radical (unpaired) electrons. The molecule has 0 aliphatic carbocycles. The van der Waals surface area contributed by atoms with Gasteiger partial charge in [0.25, 0.3) is 0 Å². The number of rotatable bonds is 6. The lowest BCUT2D eigenvalue weighted by Crippen LogP contribution is -2.28. The maximum absolute atomic E-state index is 9.55. The molecule has 0 bridgehead atoms. The van der Waals surface area contributed by atoms with Crippen molar-refractivity contribution in [2.75, 3.05) is 20.3 Å². The van der Waals surface area contributed by atoms with Gasteiger partial charge in [-0.05, 0) is 18.2 Å². The quantitative estimate of drug-likeness (QED) is 0.543. The third kappa shape index (κ3) is 3.69. The normalized spacial score (nSPS) is 12.4. The number of hydrogen-bond acceptors (Lipinski definition) is 5. The third-order valence-corrected chi connectivity index (χ3v) is 2.19. The molecule has 1 unspecified atom stereocenters. The van der Waals surface area contributed by atoms with Crippen LogP contribution < -0.4 is 10.1 Å². The van der Waals surface area contributed by atoms with Crippen LogP contribution in [0.3, 0.4) is 0 Å². The number of phenolic OH excluding ortho intramolecular Hbond substituents is 1. The van der Waals surface area contributed by atoms with Gasteiger partial charge >= 0.3 is 0 Å². The van der Waals surface area contributed by atoms with Crippen LogP contribution in [0.5, 0.6) is 11.5 Å². The van der Waals surface area contributed by atoms with Crippen molar-refractivity contribution in [1.29, 1.82) is 0 Å². The lowest BCUT2D eigenvalue weighted by atomic mass is 10.2. The first-order valence-electron chi connectivity index (χ1n) is 5.03. The summed E-state index contributed by atoms with van der Waals surface area (Å²) in [7, 11) is 1.55. The standard InChI is InChI=1S/C11H17NO4/c1-16-10-2-3-11(15)8(4-10)5-12-6-9(14)7-13/h2-4,9,12-15H,5-7H2,1H3. The van der Waals surface area contributed by atoms with Crippen LogP contribution >= 0.6 is 0 Å². The second-order valence-corrected chi connectivity index (χ2v) is 3.46. The maximum atomic E-state index is 9.55. The summed E-state index contributed by atoms with van der Waals surface area (Å²) in [5.74, 6) is 0.837. The van der Waals surface area contributed by atoms with Crippen molar-refractivity contribution in [3.63, 3.8) is 0 Å². The van der Waals surface area contributed by atoms with Gasteiger partial charge in [0, 0.05) is 18.7 Å². The molecule has 5 nitrogen and oxygen atoms in total. The van der Waals surface area contributed by atoms with E-state index < -0.39 is 6.10 Å². The number of nitrogens with one attached hydrogen (secondary N) is 1. The number of aliphatic hydroxyl groups excluding tert-OH is 2. The lowest BCUT2D eigenvalue weighted by Gasteiger charge is -2.10. The number of aliphatic hydroxyl groups is 2. The zero-order valence-electron chi connectivity index (χ0n) is 9.18. The van der Waals surface area contributed by atoms with Crippen molar-refractivity contribution in [2.45, 2.75) is 12.6 Å². The molecular formula is C11H17NO4. The Labute approximate surface area is 94.3 Å². The van der Waals surface area contributed by atoms with E-state index >= 15 is 0 Å². The molecule has 0 fully saturated rings. The molecule has 4 N–H and O–H groups in total. The first-order chi connectivity index (χ1) is 7.67. The Morgan fingerprint density at radius 2 is 2.19 bits per heavy atom. The van der Waals surface area contributed by atoms with Crippen LogP contribution in [0.25, 0.3) is 0 Å². The first kappa shape index (κ1) is 12.8. The van der Waals surface area contributed by atoms with E-state index in [1.54, 1.807) is 25.3 Å². The molecule has 0 saturated heterocycles. The average molecular weight is 227 g/mol. The minimum atomic E-state index is -0.784. The van der Waals surface area contributed by atoms with Crippen molar-refractivity contribution >= 4 is 0 Å². The Hall–Kier alpha value is -1.30. The van der Waals surface area contributed by atoms with Crippen molar-refractivity contribution in [2.24, 2.45) is 0 Å². The van der Waals surface area contributed by atoms with Crippen molar-refractivity contribution in [3.05, 3.63) is 23.8 Å². The fourth-order valence-corrected chi connectivity index (χ4v) is 1.27. The van der Waals surface area contributed by atoms with Crippen LogP contribution in [-0.2, 0) is 6.54 Å². The van der Waals surface area contributed by atoms with Crippen LogP contribution in [0.15, 0.2) is 18.2 Å². The van der Waals surface area contributed by atoms with Crippen LogP contribution in [-0.4, -0.2) is 41.7 Å². The van der Waals surface area contributed by atoms with Crippen LogP contribution in [0.2, 0.25) is 0 Å². The van der Waals surface area contributed by atoms with Gasteiger partial charge in [0.05, 0.1) is 19.8 Å². The van der Waals surface area contributed by atoms with Gasteiger partial charge in [0.15, 0.2) is 0 Å². The minimum Gasteiger partial charge on any atom is -0.508 e. The van der Waals surface area contributed by atoms with Gasteiger partial charge in [-0.1, -0.05) is 0 Å². The highest BCUT2D eigenvalue weighted by Gasteiger charge is 2.05. The van der Waals surface area contributed by atoms with Gasteiger partial charge in [0.1, 0.15) is 11.5 Å². The van der Waals surface area contributed by atoms with E-state index in [2.05, 4.69) is 5.32 Å². The van der Waals surface area contributed by atoms with Crippen LogP contribution in [0, 0.1) is 0 Å². The highest BCUT2D eigenvalue weighted by atomic mass is 16.5. The smallest absolute Gasteiger partial charge is 0.120 e. The number of ether oxygens (including phenoxy) is 1. The monoisotopic (exact) mass is 227 g/mol. The summed E-state index contributed by atoms with van der Waals surface area (Å²) in [6.45, 7) is 0.393. The predicted molar refractivity (Wildman–Crippen MR) is 59.5 cm³/mol. The third-order valence-electron chi connectivity index (χ3n) is 2.19. The van der Waals surface area contributed by atoms with E-state index in [-0.39, 0.29) is 18.9 Å². The molecule has 0 aliphatic heterocycles. The molecule has 0 amide bonds. The van der Waals surface area contributed by atoms with Gasteiger partial charge in [-0.2, -0.15) is 0 Å². The number of aromatic hydroxyl groups is 1. The van der Waals surface area contributed by atoms with Crippen LogP contribution in [0.4, 0.5) is 0 Å². The molecule has 16 heavy (non-hydrogen) atoms. The molecule has 0 saturated carbocycles. The van der Waals surface area contributed by atoms with E-state index in [4.69, 9.17) is 14.9 Å². The van der Waals surface area contributed by atoms with Crippen molar-refractivity contribution < 1.29 is 20.1 Å². The summed E-state index contributed by atoms with van der Waals surface area (Å²) in [4.78, 5) is 0. The summed E-state index contributed by atoms with van der Waals surface area (Å²) in [6, 6.07) is 4.94. The topological polar surface area (TPSA) is 82.0 Å². The van der Waals surface area contributed by atoms with E-state index in [1.165, 1.54) is 0 Å². The Morgan fingerprint density at radius 3 is 2.81 bits per heavy atom. The zero-order valence-corrected chi connectivity index (χ0v) is 9.18. The van der Waals surface area contributed by atoms with Gasteiger partial charge in [0.2, 0.25) is 0 Å². The first-order valence-corrected chi connectivity index (χ1v) is 5.03. The SMILES string of the molecule is COc1ccc(O)c(CNCC(O)CO)c1. The molecule has 5 heteroatoms. The van der Waals surface area contributed by atoms with Gasteiger partial charge in [-0.3, -0.25) is 0 Å². The van der Waals surface area contributed by atoms with E-state index in [1.807, 2.05) is 0 Å². The Kier molecular flexibility index (Phi) is 5.04. The second-order valence-electron chi connectivity index (χ2n) is 3.46. The zero-order chi connectivity index (χ0) is 12.0. The molecule has 0 spiro atoms. The fourth-order valence-electron chi connectivity index (χ4n) is 1.27. The number of phenols is 1. The molecule has 1 rings (SSSR count). The van der Waals surface area contributed by atoms with Gasteiger partial charge < -0.3 is 25.4 Å². The number of methoxy groups -OCH3 is 1. The van der Waals surface area contributed by atoms with Crippen molar-refractivity contribution in [3.8, 4) is 11.5 Å². The molecule has 1 aromatic carbocycles. The summed E-state index contributed by atoms with van der Waals surface area (Å²) in [5, 5.41) is 30.2. The van der Waals surface area contributed by atoms with Gasteiger partial charge in [-0.15, -0.1) is 0 Å². The fraction of sp³-hybridized carbons (Fsp3) is 0.455. The summed E-state index contributed by atoms with van der Waals surface area (Å²) >= 11 is 0. The summed E-state index contributed by atoms with van der Waals surface area (Å²) in [5.41, 5.74) is 0.685. The second kappa shape index (κ2) is 6.32. The molecule has 0 heterocycles. The minimum absolute atomic E-state index is 0.173. The largest absolute Gasteiger partial charge is 0.508 e. The lowest BCUT2D eigenvalue weighted by molar-refractivity contribution is 0.0942. The van der Waals surface area contributed by atoms with E-state index in [9.17, 15) is 5.11 Å². The average Bonchev–Trinajstić information content (AvgIpc) is 2.31. The number of benzene rings is 1. The summed E-state index contributed by atoms with van der Waals surface area (Å²) < 4.78 is 5.03. The van der Waals surface area contributed by atoms with Crippen molar-refractivity contribution in [1.82, 2.24) is 5.32 Å². The Morgan fingerprint density at radius 1 is 1.44 bits per heavy atom. The van der Waals surface area contributed by atoms with Gasteiger partial charge in [-0.25, -0.2) is 0 Å². The molecule has 0 aromatic heterocycles.